The van der Waals surface area contributed by atoms with Crippen molar-refractivity contribution in [2.24, 2.45) is 11.8 Å². The van der Waals surface area contributed by atoms with Gasteiger partial charge in [-0.3, -0.25) is 0 Å². The first-order chi connectivity index (χ1) is 7.45. The molecule has 0 radical (unpaired) electrons. The molecule has 3 aliphatic rings. The minimum atomic E-state index is 0.136. The summed E-state index contributed by atoms with van der Waals surface area (Å²) in [6.07, 6.45) is 6.55. The Kier molecular flexibility index (Phi) is 2.12. The third-order valence-corrected chi connectivity index (χ3v) is 5.41. The highest BCUT2D eigenvalue weighted by Crippen LogP contribution is 2.59. The van der Waals surface area contributed by atoms with Crippen molar-refractivity contribution in [1.29, 1.82) is 0 Å². The van der Waals surface area contributed by atoms with Crippen molar-refractivity contribution in [3.8, 4) is 0 Å². The van der Waals surface area contributed by atoms with Gasteiger partial charge in [0.1, 0.15) is 5.60 Å². The predicted octanol–water partition coefficient (Wildman–Crippen LogP) is 4.08. The monoisotopic (exact) mass is 220 g/mol. The Morgan fingerprint density at radius 3 is 2.31 bits per heavy atom. The van der Waals surface area contributed by atoms with Crippen LogP contribution >= 0.6 is 0 Å². The molecular weight excluding hydrogens is 196 g/mol. The third kappa shape index (κ3) is 1.33. The average molecular weight is 220 g/mol. The van der Waals surface area contributed by atoms with Gasteiger partial charge in [-0.15, -0.1) is 0 Å². The Labute approximate surface area is 99.3 Å². The predicted molar refractivity (Wildman–Crippen MR) is 66.3 cm³/mol. The van der Waals surface area contributed by atoms with Gasteiger partial charge in [0, 0.05) is 6.42 Å². The zero-order chi connectivity index (χ0) is 11.6. The van der Waals surface area contributed by atoms with E-state index in [0.717, 1.165) is 11.8 Å². The van der Waals surface area contributed by atoms with E-state index >= 15 is 0 Å². The van der Waals surface area contributed by atoms with Gasteiger partial charge in [0.05, 0.1) is 5.60 Å². The van der Waals surface area contributed by atoms with Crippen molar-refractivity contribution < 1.29 is 4.74 Å². The van der Waals surface area contributed by atoms with Gasteiger partial charge in [0.2, 0.25) is 0 Å². The molecule has 1 saturated heterocycles. The first-order valence-corrected chi connectivity index (χ1v) is 6.87. The van der Waals surface area contributed by atoms with Crippen LogP contribution in [0.5, 0.6) is 0 Å². The molecule has 16 heavy (non-hydrogen) atoms. The molecule has 2 aliphatic carbocycles. The van der Waals surface area contributed by atoms with Crippen LogP contribution in [0.3, 0.4) is 0 Å². The molecule has 0 unspecified atom stereocenters. The van der Waals surface area contributed by atoms with Gasteiger partial charge in [0.25, 0.3) is 0 Å². The van der Waals surface area contributed by atoms with Gasteiger partial charge in [-0.2, -0.15) is 0 Å². The highest BCUT2D eigenvalue weighted by molar-refractivity contribution is 5.31. The van der Waals surface area contributed by atoms with Crippen molar-refractivity contribution in [2.45, 2.75) is 71.0 Å². The lowest BCUT2D eigenvalue weighted by atomic mass is 9.84. The van der Waals surface area contributed by atoms with E-state index in [0.29, 0.717) is 0 Å². The summed E-state index contributed by atoms with van der Waals surface area (Å²) in [4.78, 5) is 0. The lowest BCUT2D eigenvalue weighted by molar-refractivity contribution is 0.257. The summed E-state index contributed by atoms with van der Waals surface area (Å²) in [6, 6.07) is 0. The van der Waals surface area contributed by atoms with Crippen molar-refractivity contribution in [1.82, 2.24) is 0 Å². The van der Waals surface area contributed by atoms with Gasteiger partial charge in [-0.25, -0.2) is 0 Å². The van der Waals surface area contributed by atoms with Gasteiger partial charge in [0.15, 0.2) is 0 Å². The van der Waals surface area contributed by atoms with E-state index in [1.54, 1.807) is 11.1 Å². The maximum absolute atomic E-state index is 6.08. The summed E-state index contributed by atoms with van der Waals surface area (Å²) >= 11 is 0. The SMILES string of the molecule is C[C@H]1CC[C@@]2(CC3=C1CC[C@@H]3C)OC2(C)C. The van der Waals surface area contributed by atoms with Crippen LogP contribution in [0, 0.1) is 11.8 Å². The van der Waals surface area contributed by atoms with Crippen molar-refractivity contribution in [2.75, 3.05) is 0 Å². The smallest absolute Gasteiger partial charge is 0.101 e. The Balaban J connectivity index is 1.93. The minimum absolute atomic E-state index is 0.136. The van der Waals surface area contributed by atoms with E-state index in [9.17, 15) is 0 Å². The van der Waals surface area contributed by atoms with Crippen molar-refractivity contribution in [3.05, 3.63) is 11.1 Å². The molecule has 0 aromatic heterocycles. The maximum atomic E-state index is 6.08. The third-order valence-electron chi connectivity index (χ3n) is 5.41. The molecule has 0 aromatic carbocycles. The van der Waals surface area contributed by atoms with Gasteiger partial charge < -0.3 is 4.74 Å². The molecular formula is C15H24O. The Morgan fingerprint density at radius 2 is 1.69 bits per heavy atom. The quantitative estimate of drug-likeness (QED) is 0.442. The minimum Gasteiger partial charge on any atom is -0.363 e. The fourth-order valence-corrected chi connectivity index (χ4v) is 3.96. The molecule has 90 valence electrons. The molecule has 0 N–H and O–H groups in total. The molecule has 3 rings (SSSR count). The Hall–Kier alpha value is -0.300. The molecule has 0 bridgehead atoms. The zero-order valence-electron chi connectivity index (χ0n) is 11.1. The molecule has 1 spiro atoms. The van der Waals surface area contributed by atoms with Gasteiger partial charge in [-0.1, -0.05) is 25.0 Å². The van der Waals surface area contributed by atoms with Crippen molar-refractivity contribution in [3.63, 3.8) is 0 Å². The molecule has 0 amide bonds. The average Bonchev–Trinajstić information content (AvgIpc) is 2.61. The first-order valence-electron chi connectivity index (χ1n) is 6.87. The number of hydrogen-bond acceptors (Lipinski definition) is 1. The molecule has 3 atom stereocenters. The van der Waals surface area contributed by atoms with E-state index in [1.165, 1.54) is 32.1 Å². The van der Waals surface area contributed by atoms with Crippen molar-refractivity contribution >= 4 is 0 Å². The topological polar surface area (TPSA) is 12.5 Å². The largest absolute Gasteiger partial charge is 0.363 e. The fourth-order valence-electron chi connectivity index (χ4n) is 3.96. The van der Waals surface area contributed by atoms with Crippen LogP contribution < -0.4 is 0 Å². The maximum Gasteiger partial charge on any atom is 0.101 e. The second kappa shape index (κ2) is 3.13. The van der Waals surface area contributed by atoms with Crippen LogP contribution in [0.4, 0.5) is 0 Å². The molecule has 1 heteroatoms. The van der Waals surface area contributed by atoms with E-state index in [4.69, 9.17) is 4.74 Å². The zero-order valence-corrected chi connectivity index (χ0v) is 11.1. The van der Waals surface area contributed by atoms with E-state index in [2.05, 4.69) is 27.7 Å². The summed E-state index contributed by atoms with van der Waals surface area (Å²) in [6.45, 7) is 9.36. The van der Waals surface area contributed by atoms with E-state index in [-0.39, 0.29) is 11.2 Å². The van der Waals surface area contributed by atoms with Crippen LogP contribution in [0.1, 0.15) is 59.8 Å². The molecule has 1 aliphatic heterocycles. The molecule has 1 heterocycles. The number of allylic oxidation sites excluding steroid dienone is 1. The van der Waals surface area contributed by atoms with Crippen LogP contribution in [0.15, 0.2) is 11.1 Å². The normalized spacial score (nSPS) is 45.8. The number of epoxide rings is 1. The molecule has 0 saturated carbocycles. The Bertz CT molecular complexity index is 352. The summed E-state index contributed by atoms with van der Waals surface area (Å²) in [5.41, 5.74) is 3.89. The number of ether oxygens (including phenoxy) is 1. The van der Waals surface area contributed by atoms with Gasteiger partial charge in [-0.05, 0) is 51.4 Å². The van der Waals surface area contributed by atoms with Gasteiger partial charge >= 0.3 is 0 Å². The number of hydrogen-bond donors (Lipinski definition) is 0. The summed E-state index contributed by atoms with van der Waals surface area (Å²) < 4.78 is 6.08. The standard InChI is InChI=1S/C15H24O/c1-10-5-6-12-11(2)7-8-15(9-13(10)12)14(3,4)16-15/h10-11H,5-9H2,1-4H3/t10-,11-,15-/m0/s1. The van der Waals surface area contributed by atoms with Crippen LogP contribution in [0.25, 0.3) is 0 Å². The van der Waals surface area contributed by atoms with E-state index < -0.39 is 0 Å². The summed E-state index contributed by atoms with van der Waals surface area (Å²) in [7, 11) is 0. The highest BCUT2D eigenvalue weighted by atomic mass is 16.6. The molecule has 1 nitrogen and oxygen atoms in total. The summed E-state index contributed by atoms with van der Waals surface area (Å²) in [5.74, 6) is 1.62. The fraction of sp³-hybridized carbons (Fsp3) is 0.867. The second-order valence-electron chi connectivity index (χ2n) is 6.71. The van der Waals surface area contributed by atoms with Crippen LogP contribution in [0.2, 0.25) is 0 Å². The van der Waals surface area contributed by atoms with Crippen LogP contribution in [-0.4, -0.2) is 11.2 Å². The summed E-state index contributed by atoms with van der Waals surface area (Å²) in [5, 5.41) is 0. The molecule has 1 fully saturated rings. The lowest BCUT2D eigenvalue weighted by Gasteiger charge is -2.16. The first kappa shape index (κ1) is 10.8. The van der Waals surface area contributed by atoms with Crippen LogP contribution in [-0.2, 0) is 4.74 Å². The molecule has 0 aromatic rings. The lowest BCUT2D eigenvalue weighted by Crippen LogP contribution is -2.21. The Morgan fingerprint density at radius 1 is 1.06 bits per heavy atom. The highest BCUT2D eigenvalue weighted by Gasteiger charge is 2.64. The number of rotatable bonds is 0. The second-order valence-corrected chi connectivity index (χ2v) is 6.71. The van der Waals surface area contributed by atoms with E-state index in [1.807, 2.05) is 0 Å².